The molecule has 1 fully saturated rings. The quantitative estimate of drug-likeness (QED) is 0.226. The molecule has 2 aliphatic heterocycles. The molecule has 1 unspecified atom stereocenters. The van der Waals surface area contributed by atoms with Crippen molar-refractivity contribution in [2.45, 2.75) is 68.2 Å². The minimum Gasteiger partial charge on any atom is -0.493 e. The van der Waals surface area contributed by atoms with Gasteiger partial charge < -0.3 is 29.7 Å². The predicted octanol–water partition coefficient (Wildman–Crippen LogP) is 5.82. The van der Waals surface area contributed by atoms with Crippen molar-refractivity contribution in [3.63, 3.8) is 0 Å². The molecule has 0 aromatic heterocycles. The summed E-state index contributed by atoms with van der Waals surface area (Å²) in [7, 11) is 0.514. The zero-order valence-corrected chi connectivity index (χ0v) is 29.5. The first-order chi connectivity index (χ1) is 23.4. The van der Waals surface area contributed by atoms with Crippen molar-refractivity contribution >= 4 is 39.1 Å². The minimum absolute atomic E-state index is 0.101. The normalized spacial score (nSPS) is 17.9. The molecule has 3 aromatic carbocycles. The maximum atomic E-state index is 14.8. The monoisotopic (exact) mass is 692 g/mol. The van der Waals surface area contributed by atoms with E-state index in [9.17, 15) is 22.8 Å². The Morgan fingerprint density at radius 2 is 1.69 bits per heavy atom. The molecule has 3 aromatic rings. The molecule has 2 heterocycles. The fraction of sp³-hybridized carbons (Fsp3) is 0.417. The fourth-order valence-corrected chi connectivity index (χ4v) is 7.85. The molecule has 3 amide bonds. The molecule has 13 heteroatoms. The molecule has 3 N–H and O–H groups in total. The second-order valence-electron chi connectivity index (χ2n) is 12.5. The molecule has 0 bridgehead atoms. The summed E-state index contributed by atoms with van der Waals surface area (Å²) < 4.78 is 43.0. The Labute approximate surface area is 287 Å². The lowest BCUT2D eigenvalue weighted by Crippen LogP contribution is -2.38. The van der Waals surface area contributed by atoms with Gasteiger partial charge in [0.1, 0.15) is 6.04 Å². The summed E-state index contributed by atoms with van der Waals surface area (Å²) in [6.07, 6.45) is 1.30. The standard InChI is InChI=1S/C36H44N4O8S/c1-7-22-20-37-34(41)27-18-24(11-13-26(22)27)38-33(23-10-14-30(46-4)31(17-23)47-5)35(42)40-16-8-9-29(40)28-19-25(39-36(43)48-6)12-15-32(28)49(44,45)21(2)3/h10-15,17-19,21-22,29,33,38H,7-9,16,20H2,1-6H3,(H,37,41)(H,39,43)/t22-,29?,33+/m0/s1. The molecule has 1 saturated heterocycles. The van der Waals surface area contributed by atoms with Crippen molar-refractivity contribution < 1.29 is 37.0 Å². The number of nitrogens with zero attached hydrogens (tertiary/aromatic N) is 1. The van der Waals surface area contributed by atoms with Crippen LogP contribution in [0, 0.1) is 0 Å². The van der Waals surface area contributed by atoms with Crippen LogP contribution in [0.25, 0.3) is 0 Å². The Hall–Kier alpha value is -4.78. The number of anilines is 2. The van der Waals surface area contributed by atoms with E-state index in [1.165, 1.54) is 33.5 Å². The molecule has 0 aliphatic carbocycles. The van der Waals surface area contributed by atoms with E-state index in [2.05, 4.69) is 22.9 Å². The van der Waals surface area contributed by atoms with Gasteiger partial charge in [0.25, 0.3) is 5.91 Å². The van der Waals surface area contributed by atoms with Crippen LogP contribution in [0.2, 0.25) is 0 Å². The number of carbonyl (C=O) groups is 3. The van der Waals surface area contributed by atoms with Gasteiger partial charge in [-0.3, -0.25) is 14.9 Å². The number of sulfone groups is 1. The molecule has 49 heavy (non-hydrogen) atoms. The number of rotatable bonds is 11. The number of hydrogen-bond acceptors (Lipinski definition) is 9. The highest BCUT2D eigenvalue weighted by Crippen LogP contribution is 2.41. The predicted molar refractivity (Wildman–Crippen MR) is 186 cm³/mol. The van der Waals surface area contributed by atoms with Crippen molar-refractivity contribution in [3.05, 3.63) is 76.9 Å². The lowest BCUT2D eigenvalue weighted by Gasteiger charge is -2.32. The van der Waals surface area contributed by atoms with Crippen LogP contribution in [0.1, 0.15) is 85.1 Å². The maximum Gasteiger partial charge on any atom is 0.411 e. The minimum atomic E-state index is -3.77. The van der Waals surface area contributed by atoms with Crippen LogP contribution in [0.15, 0.2) is 59.5 Å². The number of fused-ring (bicyclic) bond motifs is 1. The molecular weight excluding hydrogens is 648 g/mol. The molecular formula is C36H44N4O8S. The van der Waals surface area contributed by atoms with Crippen molar-refractivity contribution in [1.82, 2.24) is 10.2 Å². The second-order valence-corrected chi connectivity index (χ2v) is 14.9. The highest BCUT2D eigenvalue weighted by Gasteiger charge is 2.38. The van der Waals surface area contributed by atoms with Crippen LogP contribution < -0.4 is 25.4 Å². The number of hydrogen-bond donors (Lipinski definition) is 3. The van der Waals surface area contributed by atoms with Crippen LogP contribution in [0.5, 0.6) is 11.5 Å². The summed E-state index contributed by atoms with van der Waals surface area (Å²) in [4.78, 5) is 41.6. The molecule has 0 spiro atoms. The summed E-state index contributed by atoms with van der Waals surface area (Å²) in [5.41, 5.74) is 3.43. The van der Waals surface area contributed by atoms with Crippen molar-refractivity contribution in [2.24, 2.45) is 0 Å². The number of nitrogens with one attached hydrogen (secondary N) is 3. The zero-order valence-electron chi connectivity index (χ0n) is 28.7. The van der Waals surface area contributed by atoms with Gasteiger partial charge in [-0.25, -0.2) is 13.2 Å². The first kappa shape index (κ1) is 35.5. The van der Waals surface area contributed by atoms with Crippen LogP contribution in [0.4, 0.5) is 16.2 Å². The number of amides is 3. The largest absolute Gasteiger partial charge is 0.493 e. The lowest BCUT2D eigenvalue weighted by atomic mass is 9.88. The van der Waals surface area contributed by atoms with Crippen LogP contribution >= 0.6 is 0 Å². The topological polar surface area (TPSA) is 152 Å². The summed E-state index contributed by atoms with van der Waals surface area (Å²) in [6.45, 7) is 6.24. The van der Waals surface area contributed by atoms with Crippen LogP contribution in [0.3, 0.4) is 0 Å². The lowest BCUT2D eigenvalue weighted by molar-refractivity contribution is -0.133. The van der Waals surface area contributed by atoms with Gasteiger partial charge in [0.15, 0.2) is 21.3 Å². The van der Waals surface area contributed by atoms with E-state index in [1.54, 1.807) is 49.1 Å². The van der Waals surface area contributed by atoms with Gasteiger partial charge >= 0.3 is 6.09 Å². The number of likely N-dealkylation sites (tertiary alicyclic amines) is 1. The van der Waals surface area contributed by atoms with E-state index in [-0.39, 0.29) is 22.6 Å². The van der Waals surface area contributed by atoms with Gasteiger partial charge in [-0.05, 0) is 92.3 Å². The van der Waals surface area contributed by atoms with Gasteiger partial charge in [-0.2, -0.15) is 0 Å². The molecule has 0 saturated carbocycles. The first-order valence-corrected chi connectivity index (χ1v) is 17.9. The summed E-state index contributed by atoms with van der Waals surface area (Å²) in [5, 5.41) is 8.25. The third-order valence-corrected chi connectivity index (χ3v) is 11.5. The Bertz CT molecular complexity index is 1840. The Morgan fingerprint density at radius 1 is 0.959 bits per heavy atom. The number of benzene rings is 3. The van der Waals surface area contributed by atoms with Crippen LogP contribution in [-0.4, -0.2) is 70.9 Å². The zero-order chi connectivity index (χ0) is 35.5. The Morgan fingerprint density at radius 3 is 2.37 bits per heavy atom. The first-order valence-electron chi connectivity index (χ1n) is 16.4. The van der Waals surface area contributed by atoms with Gasteiger partial charge in [0.2, 0.25) is 5.91 Å². The molecule has 262 valence electrons. The Balaban J connectivity index is 1.59. The summed E-state index contributed by atoms with van der Waals surface area (Å²) in [6, 6.07) is 13.8. The maximum absolute atomic E-state index is 14.8. The summed E-state index contributed by atoms with van der Waals surface area (Å²) >= 11 is 0. The Kier molecular flexibility index (Phi) is 10.7. The number of carbonyl (C=O) groups excluding carboxylic acids is 3. The van der Waals surface area contributed by atoms with E-state index < -0.39 is 33.3 Å². The van der Waals surface area contributed by atoms with E-state index in [1.807, 2.05) is 12.1 Å². The SMILES string of the molecule is CC[C@H]1CNC(=O)c2cc(N[C@@H](C(=O)N3CCCC3c3cc(NC(=O)OC)ccc3S(=O)(=O)C(C)C)c3ccc(OC)c(OC)c3)ccc21. The third-order valence-electron chi connectivity index (χ3n) is 9.30. The molecule has 2 aliphatic rings. The number of ether oxygens (including phenoxy) is 3. The van der Waals surface area contributed by atoms with Gasteiger partial charge in [0.05, 0.1) is 37.5 Å². The molecule has 5 rings (SSSR count). The smallest absolute Gasteiger partial charge is 0.411 e. The molecule has 12 nitrogen and oxygen atoms in total. The van der Waals surface area contributed by atoms with Gasteiger partial charge in [0, 0.05) is 35.9 Å². The van der Waals surface area contributed by atoms with E-state index in [4.69, 9.17) is 14.2 Å². The highest BCUT2D eigenvalue weighted by atomic mass is 32.2. The van der Waals surface area contributed by atoms with Crippen LogP contribution in [-0.2, 0) is 19.4 Å². The van der Waals surface area contributed by atoms with Crippen molar-refractivity contribution in [1.29, 1.82) is 0 Å². The highest BCUT2D eigenvalue weighted by molar-refractivity contribution is 7.92. The average molecular weight is 693 g/mol. The van der Waals surface area contributed by atoms with Crippen molar-refractivity contribution in [2.75, 3.05) is 45.1 Å². The van der Waals surface area contributed by atoms with Gasteiger partial charge in [-0.1, -0.05) is 19.1 Å². The van der Waals surface area contributed by atoms with E-state index in [0.29, 0.717) is 65.5 Å². The molecule has 0 radical (unpaired) electrons. The third kappa shape index (κ3) is 7.17. The average Bonchev–Trinajstić information content (AvgIpc) is 3.60. The summed E-state index contributed by atoms with van der Waals surface area (Å²) in [5.74, 6) is 0.640. The fourth-order valence-electron chi connectivity index (χ4n) is 6.56. The van der Waals surface area contributed by atoms with E-state index in [0.717, 1.165) is 12.0 Å². The van der Waals surface area contributed by atoms with Gasteiger partial charge in [-0.15, -0.1) is 0 Å². The number of methoxy groups -OCH3 is 3. The van der Waals surface area contributed by atoms with E-state index >= 15 is 0 Å². The van der Waals surface area contributed by atoms with Crippen molar-refractivity contribution in [3.8, 4) is 11.5 Å². The molecule has 3 atom stereocenters. The second kappa shape index (κ2) is 14.8.